The quantitative estimate of drug-likeness (QED) is 0.555. The van der Waals surface area contributed by atoms with Gasteiger partial charge in [-0.3, -0.25) is 25.9 Å². The summed E-state index contributed by atoms with van der Waals surface area (Å²) in [6, 6.07) is 1.89. The molecule has 0 aliphatic carbocycles. The van der Waals surface area contributed by atoms with Gasteiger partial charge in [-0.05, 0) is 6.07 Å². The van der Waals surface area contributed by atoms with Crippen LogP contribution in [0.25, 0.3) is 0 Å². The van der Waals surface area contributed by atoms with Gasteiger partial charge < -0.3 is 0 Å². The smallest absolute Gasteiger partial charge is 0.0773 e. The molecule has 0 radical (unpaired) electrons. The number of hydrogen-bond donors (Lipinski definition) is 2. The lowest BCUT2D eigenvalue weighted by molar-refractivity contribution is 0.527. The Kier molecular flexibility index (Phi) is 3.23. The fourth-order valence-electron chi connectivity index (χ4n) is 1.52. The van der Waals surface area contributed by atoms with Gasteiger partial charge in [0.2, 0.25) is 0 Å². The molecule has 0 spiro atoms. The maximum Gasteiger partial charge on any atom is 0.0773 e. The molecule has 6 heteroatoms. The highest BCUT2D eigenvalue weighted by Crippen LogP contribution is 2.12. The predicted molar refractivity (Wildman–Crippen MR) is 59.0 cm³/mol. The molecule has 2 aromatic heterocycles. The number of hydrazine groups is 1. The summed E-state index contributed by atoms with van der Waals surface area (Å²) in [6.07, 6.45) is 7.58. The summed E-state index contributed by atoms with van der Waals surface area (Å²) in [5, 5.41) is 4.30. The Hall–Kier alpha value is -1.79. The highest BCUT2D eigenvalue weighted by atomic mass is 15.3. The first-order valence-electron chi connectivity index (χ1n) is 5.00. The fourth-order valence-corrected chi connectivity index (χ4v) is 1.52. The van der Waals surface area contributed by atoms with E-state index >= 15 is 0 Å². The lowest BCUT2D eigenvalue weighted by Crippen LogP contribution is -2.30. The normalized spacial score (nSPS) is 12.6. The molecule has 0 bridgehead atoms. The van der Waals surface area contributed by atoms with E-state index in [4.69, 9.17) is 5.84 Å². The molecule has 16 heavy (non-hydrogen) atoms. The van der Waals surface area contributed by atoms with E-state index in [1.165, 1.54) is 0 Å². The molecule has 3 N–H and O–H groups in total. The summed E-state index contributed by atoms with van der Waals surface area (Å²) in [4.78, 5) is 8.23. The minimum absolute atomic E-state index is 0.0661. The van der Waals surface area contributed by atoms with Crippen LogP contribution in [0.2, 0.25) is 0 Å². The summed E-state index contributed by atoms with van der Waals surface area (Å²) >= 11 is 0. The van der Waals surface area contributed by atoms with Gasteiger partial charge in [0.1, 0.15) is 0 Å². The fraction of sp³-hybridized carbons (Fsp3) is 0.300. The van der Waals surface area contributed by atoms with E-state index in [1.807, 2.05) is 19.3 Å². The Morgan fingerprint density at radius 2 is 2.38 bits per heavy atom. The number of nitrogens with zero attached hydrogens (tertiary/aromatic N) is 4. The van der Waals surface area contributed by atoms with Crippen molar-refractivity contribution in [2.24, 2.45) is 12.9 Å². The second kappa shape index (κ2) is 4.82. The topological polar surface area (TPSA) is 81.7 Å². The minimum atomic E-state index is -0.0661. The number of hydrogen-bond acceptors (Lipinski definition) is 5. The Morgan fingerprint density at radius 3 is 2.94 bits per heavy atom. The molecule has 1 unspecified atom stereocenters. The van der Waals surface area contributed by atoms with Crippen molar-refractivity contribution in [1.29, 1.82) is 0 Å². The van der Waals surface area contributed by atoms with Crippen LogP contribution in [0.1, 0.15) is 17.4 Å². The molecule has 2 heterocycles. The second-order valence-electron chi connectivity index (χ2n) is 3.53. The Balaban J connectivity index is 2.12. The van der Waals surface area contributed by atoms with Crippen LogP contribution in [-0.2, 0) is 13.5 Å². The molecule has 2 aromatic rings. The Bertz CT molecular complexity index is 438. The number of aryl methyl sites for hydroxylation is 1. The van der Waals surface area contributed by atoms with E-state index in [1.54, 1.807) is 23.3 Å². The first kappa shape index (κ1) is 10.7. The van der Waals surface area contributed by atoms with Gasteiger partial charge in [0.25, 0.3) is 0 Å². The lowest BCUT2D eigenvalue weighted by Gasteiger charge is -2.12. The first-order chi connectivity index (χ1) is 7.79. The van der Waals surface area contributed by atoms with Crippen molar-refractivity contribution >= 4 is 0 Å². The van der Waals surface area contributed by atoms with Gasteiger partial charge in [0.15, 0.2) is 0 Å². The van der Waals surface area contributed by atoms with Crippen LogP contribution in [0, 0.1) is 0 Å². The van der Waals surface area contributed by atoms with Crippen molar-refractivity contribution in [1.82, 2.24) is 25.2 Å². The van der Waals surface area contributed by atoms with Crippen LogP contribution in [-0.4, -0.2) is 19.7 Å². The number of nitrogens with two attached hydrogens (primary N) is 1. The van der Waals surface area contributed by atoms with Crippen LogP contribution in [0.4, 0.5) is 0 Å². The van der Waals surface area contributed by atoms with Crippen LogP contribution < -0.4 is 11.3 Å². The molecular formula is C10H14N6. The van der Waals surface area contributed by atoms with Crippen LogP contribution in [0.5, 0.6) is 0 Å². The molecule has 2 rings (SSSR count). The maximum atomic E-state index is 5.51. The summed E-state index contributed by atoms with van der Waals surface area (Å²) in [5.41, 5.74) is 4.51. The van der Waals surface area contributed by atoms with Gasteiger partial charge >= 0.3 is 0 Å². The van der Waals surface area contributed by atoms with E-state index < -0.39 is 0 Å². The van der Waals surface area contributed by atoms with Crippen LogP contribution in [0.3, 0.4) is 0 Å². The van der Waals surface area contributed by atoms with E-state index in [2.05, 4.69) is 20.5 Å². The van der Waals surface area contributed by atoms with Crippen molar-refractivity contribution in [2.75, 3.05) is 0 Å². The zero-order valence-corrected chi connectivity index (χ0v) is 9.04. The zero-order chi connectivity index (χ0) is 11.4. The third kappa shape index (κ3) is 2.41. The van der Waals surface area contributed by atoms with Gasteiger partial charge in [-0.15, -0.1) is 0 Å². The molecule has 0 saturated heterocycles. The van der Waals surface area contributed by atoms with Gasteiger partial charge in [0.05, 0.1) is 23.6 Å². The number of nitrogens with one attached hydrogen (secondary N) is 1. The summed E-state index contributed by atoms with van der Waals surface area (Å²) in [7, 11) is 1.89. The molecule has 0 saturated carbocycles. The molecule has 0 aromatic carbocycles. The van der Waals surface area contributed by atoms with Crippen LogP contribution >= 0.6 is 0 Å². The molecule has 0 amide bonds. The Labute approximate surface area is 93.5 Å². The molecular weight excluding hydrogens is 204 g/mol. The lowest BCUT2D eigenvalue weighted by atomic mass is 10.1. The van der Waals surface area contributed by atoms with Crippen molar-refractivity contribution in [3.8, 4) is 0 Å². The molecule has 1 atom stereocenters. The van der Waals surface area contributed by atoms with Gasteiger partial charge in [-0.1, -0.05) is 0 Å². The summed E-state index contributed by atoms with van der Waals surface area (Å²) in [5.74, 6) is 5.51. The van der Waals surface area contributed by atoms with Gasteiger partial charge in [-0.25, -0.2) is 0 Å². The minimum Gasteiger partial charge on any atom is -0.276 e. The largest absolute Gasteiger partial charge is 0.276 e. The molecule has 0 fully saturated rings. The average Bonchev–Trinajstić information content (AvgIpc) is 2.73. The number of aromatic nitrogens is 4. The molecule has 0 aliphatic heterocycles. The maximum absolute atomic E-state index is 5.51. The average molecular weight is 218 g/mol. The van der Waals surface area contributed by atoms with Gasteiger partial charge in [-0.2, -0.15) is 5.10 Å². The van der Waals surface area contributed by atoms with Crippen molar-refractivity contribution < 1.29 is 0 Å². The molecule has 84 valence electrons. The van der Waals surface area contributed by atoms with E-state index in [9.17, 15) is 0 Å². The molecule has 0 aliphatic rings. The SMILES string of the molecule is Cn1ccc(CC(NN)c2cnccn2)n1. The highest BCUT2D eigenvalue weighted by Gasteiger charge is 2.13. The third-order valence-corrected chi connectivity index (χ3v) is 2.32. The number of rotatable bonds is 4. The van der Waals surface area contributed by atoms with E-state index in [-0.39, 0.29) is 6.04 Å². The summed E-state index contributed by atoms with van der Waals surface area (Å²) in [6.45, 7) is 0. The molecule has 6 nitrogen and oxygen atoms in total. The zero-order valence-electron chi connectivity index (χ0n) is 9.04. The van der Waals surface area contributed by atoms with Crippen molar-refractivity contribution in [2.45, 2.75) is 12.5 Å². The van der Waals surface area contributed by atoms with Crippen molar-refractivity contribution in [3.05, 3.63) is 42.2 Å². The van der Waals surface area contributed by atoms with Gasteiger partial charge in [0, 0.05) is 32.1 Å². The predicted octanol–water partition coefficient (Wildman–Crippen LogP) is -0.0428. The first-order valence-corrected chi connectivity index (χ1v) is 5.00. The summed E-state index contributed by atoms with van der Waals surface area (Å²) < 4.78 is 1.76. The van der Waals surface area contributed by atoms with E-state index in [0.717, 1.165) is 11.4 Å². The van der Waals surface area contributed by atoms with Crippen LogP contribution in [0.15, 0.2) is 30.9 Å². The van der Waals surface area contributed by atoms with E-state index in [0.29, 0.717) is 6.42 Å². The second-order valence-corrected chi connectivity index (χ2v) is 3.53. The standard InChI is InChI=1S/C10H14N6/c1-16-5-2-8(15-16)6-9(14-11)10-7-12-3-4-13-10/h2-5,7,9,14H,6,11H2,1H3. The van der Waals surface area contributed by atoms with Crippen molar-refractivity contribution in [3.63, 3.8) is 0 Å². The highest BCUT2D eigenvalue weighted by molar-refractivity contribution is 5.09. The Morgan fingerprint density at radius 1 is 1.50 bits per heavy atom. The monoisotopic (exact) mass is 218 g/mol. The third-order valence-electron chi connectivity index (χ3n) is 2.32.